The third-order valence-corrected chi connectivity index (χ3v) is 4.02. The molecule has 108 valence electrons. The van der Waals surface area contributed by atoms with Crippen molar-refractivity contribution in [3.8, 4) is 0 Å². The number of carbonyl (C=O) groups excluding carboxylic acids is 2. The smallest absolute Gasteiger partial charge is 0.223 e. The number of carbonyl (C=O) groups is 2. The van der Waals surface area contributed by atoms with E-state index in [0.717, 1.165) is 36.1 Å². The molecule has 0 aliphatic carbocycles. The number of nitrogens with zero attached hydrogens (tertiary/aromatic N) is 1. The van der Waals surface area contributed by atoms with E-state index in [1.165, 1.54) is 0 Å². The van der Waals surface area contributed by atoms with Crippen LogP contribution in [0.25, 0.3) is 0 Å². The second-order valence-electron chi connectivity index (χ2n) is 5.87. The Balaban J connectivity index is 2.05. The van der Waals surface area contributed by atoms with Crippen LogP contribution in [-0.4, -0.2) is 29.7 Å². The summed E-state index contributed by atoms with van der Waals surface area (Å²) in [6, 6.07) is 5.89. The van der Waals surface area contributed by atoms with E-state index in [9.17, 15) is 9.59 Å². The zero-order chi connectivity index (χ0) is 14.7. The summed E-state index contributed by atoms with van der Waals surface area (Å²) in [5, 5.41) is 0. The lowest BCUT2D eigenvalue weighted by Gasteiger charge is -2.16. The molecule has 1 amide bonds. The molecule has 1 saturated heterocycles. The standard InChI is InChI=1S/C17H23NO2/c1-4-5-14-9-17(20)18(10-14)11-16(19)15-8-12(2)6-7-13(15)3/h6-8,14H,4-5,9-11H2,1-3H3. The normalized spacial score (nSPS) is 18.6. The van der Waals surface area contributed by atoms with Crippen LogP contribution >= 0.6 is 0 Å². The molecule has 1 fully saturated rings. The molecule has 0 radical (unpaired) electrons. The van der Waals surface area contributed by atoms with Crippen molar-refractivity contribution in [2.75, 3.05) is 13.1 Å². The predicted molar refractivity (Wildman–Crippen MR) is 79.8 cm³/mol. The van der Waals surface area contributed by atoms with E-state index in [0.29, 0.717) is 12.3 Å². The molecule has 0 bridgehead atoms. The van der Waals surface area contributed by atoms with Gasteiger partial charge in [0.15, 0.2) is 5.78 Å². The highest BCUT2D eigenvalue weighted by atomic mass is 16.2. The van der Waals surface area contributed by atoms with Gasteiger partial charge in [0.05, 0.1) is 6.54 Å². The first kappa shape index (κ1) is 14.8. The van der Waals surface area contributed by atoms with Crippen molar-refractivity contribution < 1.29 is 9.59 Å². The molecule has 1 aliphatic heterocycles. The second-order valence-corrected chi connectivity index (χ2v) is 5.87. The van der Waals surface area contributed by atoms with Crippen LogP contribution in [0.4, 0.5) is 0 Å². The SMILES string of the molecule is CCCC1CC(=O)N(CC(=O)c2cc(C)ccc2C)C1. The van der Waals surface area contributed by atoms with Crippen LogP contribution in [0.5, 0.6) is 0 Å². The molecule has 0 saturated carbocycles. The molecule has 1 unspecified atom stereocenters. The Morgan fingerprint density at radius 2 is 2.10 bits per heavy atom. The minimum Gasteiger partial charge on any atom is -0.335 e. The molecule has 1 heterocycles. The van der Waals surface area contributed by atoms with Crippen molar-refractivity contribution in [2.24, 2.45) is 5.92 Å². The molecule has 0 spiro atoms. The van der Waals surface area contributed by atoms with E-state index in [-0.39, 0.29) is 18.2 Å². The van der Waals surface area contributed by atoms with E-state index < -0.39 is 0 Å². The first-order valence-electron chi connectivity index (χ1n) is 7.39. The third-order valence-electron chi connectivity index (χ3n) is 4.02. The van der Waals surface area contributed by atoms with Crippen LogP contribution in [0.15, 0.2) is 18.2 Å². The Kier molecular flexibility index (Phi) is 4.58. The van der Waals surface area contributed by atoms with Gasteiger partial charge in [0.1, 0.15) is 0 Å². The molecule has 1 aromatic rings. The summed E-state index contributed by atoms with van der Waals surface area (Å²) >= 11 is 0. The minimum absolute atomic E-state index is 0.0525. The van der Waals surface area contributed by atoms with Crippen LogP contribution < -0.4 is 0 Å². The molecule has 2 rings (SSSR count). The lowest BCUT2D eigenvalue weighted by atomic mass is 10.0. The monoisotopic (exact) mass is 273 g/mol. The van der Waals surface area contributed by atoms with Gasteiger partial charge in [-0.2, -0.15) is 0 Å². The summed E-state index contributed by atoms with van der Waals surface area (Å²) < 4.78 is 0. The van der Waals surface area contributed by atoms with Gasteiger partial charge in [0, 0.05) is 18.5 Å². The summed E-state index contributed by atoms with van der Waals surface area (Å²) in [7, 11) is 0. The van der Waals surface area contributed by atoms with Crippen molar-refractivity contribution in [2.45, 2.75) is 40.0 Å². The van der Waals surface area contributed by atoms with E-state index >= 15 is 0 Å². The number of rotatable bonds is 5. The fourth-order valence-electron chi connectivity index (χ4n) is 2.90. The summed E-state index contributed by atoms with van der Waals surface area (Å²) in [6.07, 6.45) is 2.77. The molecule has 1 aromatic carbocycles. The summed E-state index contributed by atoms with van der Waals surface area (Å²) in [4.78, 5) is 26.1. The molecular formula is C17H23NO2. The molecule has 20 heavy (non-hydrogen) atoms. The molecule has 3 nitrogen and oxygen atoms in total. The van der Waals surface area contributed by atoms with Gasteiger partial charge in [-0.05, 0) is 37.8 Å². The second kappa shape index (κ2) is 6.21. The molecule has 1 aliphatic rings. The average molecular weight is 273 g/mol. The molecule has 3 heteroatoms. The third kappa shape index (κ3) is 3.27. The van der Waals surface area contributed by atoms with E-state index in [2.05, 4.69) is 6.92 Å². The molecular weight excluding hydrogens is 250 g/mol. The first-order chi connectivity index (χ1) is 9.51. The Hall–Kier alpha value is -1.64. The maximum atomic E-state index is 12.4. The summed E-state index contributed by atoms with van der Waals surface area (Å²) in [5.41, 5.74) is 2.81. The maximum Gasteiger partial charge on any atom is 0.223 e. The topological polar surface area (TPSA) is 37.4 Å². The van der Waals surface area contributed by atoms with Gasteiger partial charge >= 0.3 is 0 Å². The number of Topliss-reactive ketones (excluding diaryl/α,β-unsaturated/α-hetero) is 1. The van der Waals surface area contributed by atoms with E-state index in [4.69, 9.17) is 0 Å². The van der Waals surface area contributed by atoms with Gasteiger partial charge < -0.3 is 4.90 Å². The molecule has 0 N–H and O–H groups in total. The Bertz CT molecular complexity index is 522. The van der Waals surface area contributed by atoms with Gasteiger partial charge in [-0.25, -0.2) is 0 Å². The highest BCUT2D eigenvalue weighted by Crippen LogP contribution is 2.22. The summed E-state index contributed by atoms with van der Waals surface area (Å²) in [5.74, 6) is 0.609. The number of ketones is 1. The minimum atomic E-state index is 0.0525. The van der Waals surface area contributed by atoms with Gasteiger partial charge in [-0.3, -0.25) is 9.59 Å². The Labute approximate surface area is 121 Å². The number of aryl methyl sites for hydroxylation is 2. The zero-order valence-corrected chi connectivity index (χ0v) is 12.6. The number of hydrogen-bond donors (Lipinski definition) is 0. The van der Waals surface area contributed by atoms with Crippen molar-refractivity contribution in [1.82, 2.24) is 4.90 Å². The van der Waals surface area contributed by atoms with E-state index in [1.54, 1.807) is 4.90 Å². The summed E-state index contributed by atoms with van der Waals surface area (Å²) in [6.45, 7) is 7.02. The number of likely N-dealkylation sites (tertiary alicyclic amines) is 1. The van der Waals surface area contributed by atoms with Crippen LogP contribution in [0.1, 0.15) is 47.7 Å². The molecule has 1 atom stereocenters. The quantitative estimate of drug-likeness (QED) is 0.773. The lowest BCUT2D eigenvalue weighted by Crippen LogP contribution is -2.31. The van der Waals surface area contributed by atoms with E-state index in [1.807, 2.05) is 32.0 Å². The number of hydrogen-bond acceptors (Lipinski definition) is 2. The van der Waals surface area contributed by atoms with Crippen LogP contribution in [0.2, 0.25) is 0 Å². The van der Waals surface area contributed by atoms with Crippen molar-refractivity contribution in [1.29, 1.82) is 0 Å². The van der Waals surface area contributed by atoms with Gasteiger partial charge in [0.2, 0.25) is 5.91 Å². The highest BCUT2D eigenvalue weighted by molar-refractivity contribution is 6.00. The first-order valence-corrected chi connectivity index (χ1v) is 7.39. The van der Waals surface area contributed by atoms with Gasteiger partial charge in [0.25, 0.3) is 0 Å². The number of amides is 1. The van der Waals surface area contributed by atoms with Crippen molar-refractivity contribution >= 4 is 11.7 Å². The zero-order valence-electron chi connectivity index (χ0n) is 12.6. The highest BCUT2D eigenvalue weighted by Gasteiger charge is 2.30. The van der Waals surface area contributed by atoms with Crippen LogP contribution in [-0.2, 0) is 4.79 Å². The fraction of sp³-hybridized carbons (Fsp3) is 0.529. The van der Waals surface area contributed by atoms with Crippen LogP contribution in [0, 0.1) is 19.8 Å². The van der Waals surface area contributed by atoms with Crippen molar-refractivity contribution in [3.63, 3.8) is 0 Å². The largest absolute Gasteiger partial charge is 0.335 e. The van der Waals surface area contributed by atoms with Gasteiger partial charge in [-0.15, -0.1) is 0 Å². The predicted octanol–water partition coefficient (Wildman–Crippen LogP) is 3.13. The Morgan fingerprint density at radius 3 is 2.80 bits per heavy atom. The fourth-order valence-corrected chi connectivity index (χ4v) is 2.90. The maximum absolute atomic E-state index is 12.4. The van der Waals surface area contributed by atoms with Gasteiger partial charge in [-0.1, -0.05) is 31.0 Å². The lowest BCUT2D eigenvalue weighted by molar-refractivity contribution is -0.127. The Morgan fingerprint density at radius 1 is 1.35 bits per heavy atom. The van der Waals surface area contributed by atoms with Crippen LogP contribution in [0.3, 0.4) is 0 Å². The molecule has 0 aromatic heterocycles. The average Bonchev–Trinajstić information content (AvgIpc) is 2.73. The number of benzene rings is 1. The van der Waals surface area contributed by atoms with Crippen molar-refractivity contribution in [3.05, 3.63) is 34.9 Å².